The van der Waals surface area contributed by atoms with Crippen molar-refractivity contribution < 1.29 is 28.2 Å². The number of carbonyl (C=O) groups excluding carboxylic acids is 2. The molecule has 0 aliphatic carbocycles. The monoisotopic (exact) mass is 518 g/mol. The zero-order chi connectivity index (χ0) is 27.1. The number of nitrogens with zero attached hydrogens (tertiary/aromatic N) is 2. The van der Waals surface area contributed by atoms with Gasteiger partial charge in [-0.1, -0.05) is 43.8 Å². The van der Waals surface area contributed by atoms with E-state index in [0.29, 0.717) is 49.9 Å². The van der Waals surface area contributed by atoms with E-state index in [1.165, 1.54) is 7.11 Å². The van der Waals surface area contributed by atoms with Gasteiger partial charge in [0.1, 0.15) is 11.5 Å². The van der Waals surface area contributed by atoms with Gasteiger partial charge in [0.05, 0.1) is 26.0 Å². The molecule has 0 saturated carbocycles. The minimum absolute atomic E-state index is 0.148. The number of benzene rings is 2. The molecule has 1 aliphatic heterocycles. The molecule has 1 aromatic heterocycles. The molecule has 0 N–H and O–H groups in total. The largest absolute Gasteiger partial charge is 0.493 e. The molecule has 0 unspecified atom stereocenters. The van der Waals surface area contributed by atoms with Gasteiger partial charge in [-0.2, -0.15) is 0 Å². The fraction of sp³-hybridized carbons (Fsp3) is 0.367. The first kappa shape index (κ1) is 27.0. The predicted molar refractivity (Wildman–Crippen MR) is 143 cm³/mol. The molecule has 2 heterocycles. The lowest BCUT2D eigenvalue weighted by molar-refractivity contribution is -0.136. The highest BCUT2D eigenvalue weighted by Gasteiger charge is 2.40. The Kier molecular flexibility index (Phi) is 8.84. The smallest absolute Gasteiger partial charge is 0.409 e. The lowest BCUT2D eigenvalue weighted by Crippen LogP contribution is -2.30. The number of oxazole rings is 1. The number of rotatable bonds is 10. The molecule has 200 valence electrons. The van der Waals surface area contributed by atoms with Gasteiger partial charge in [0.25, 0.3) is 0 Å². The Morgan fingerprint density at radius 2 is 1.89 bits per heavy atom. The van der Waals surface area contributed by atoms with Crippen LogP contribution < -0.4 is 4.74 Å². The molecule has 0 bridgehead atoms. The summed E-state index contributed by atoms with van der Waals surface area (Å²) < 4.78 is 22.2. The molecule has 4 rings (SSSR count). The van der Waals surface area contributed by atoms with Gasteiger partial charge in [-0.25, -0.2) is 14.6 Å². The van der Waals surface area contributed by atoms with Crippen LogP contribution >= 0.6 is 0 Å². The van der Waals surface area contributed by atoms with Crippen molar-refractivity contribution in [2.45, 2.75) is 32.6 Å². The van der Waals surface area contributed by atoms with E-state index in [1.807, 2.05) is 68.4 Å². The van der Waals surface area contributed by atoms with E-state index in [1.54, 1.807) is 4.90 Å². The van der Waals surface area contributed by atoms with Gasteiger partial charge < -0.3 is 23.5 Å². The summed E-state index contributed by atoms with van der Waals surface area (Å²) in [5.41, 5.74) is 3.08. The summed E-state index contributed by atoms with van der Waals surface area (Å²) >= 11 is 0. The van der Waals surface area contributed by atoms with E-state index < -0.39 is 5.97 Å². The van der Waals surface area contributed by atoms with Crippen molar-refractivity contribution in [2.24, 2.45) is 5.92 Å². The zero-order valence-electron chi connectivity index (χ0n) is 22.1. The number of likely N-dealkylation sites (tertiary alicyclic amines) is 1. The molecular formula is C30H34N2O6. The Hall–Kier alpha value is -4.07. The number of aromatic nitrogens is 1. The summed E-state index contributed by atoms with van der Waals surface area (Å²) in [6.07, 6.45) is 0.943. The number of ether oxygens (including phenoxy) is 3. The predicted octanol–water partition coefficient (Wildman–Crippen LogP) is 5.56. The summed E-state index contributed by atoms with van der Waals surface area (Å²) in [7, 11) is 1.33. The Morgan fingerprint density at radius 1 is 1.11 bits per heavy atom. The molecule has 0 radical (unpaired) electrons. The first-order valence-corrected chi connectivity index (χ1v) is 12.8. The van der Waals surface area contributed by atoms with Gasteiger partial charge in [0.2, 0.25) is 5.89 Å². The highest BCUT2D eigenvalue weighted by molar-refractivity contribution is 5.88. The van der Waals surface area contributed by atoms with Gasteiger partial charge in [0.15, 0.2) is 0 Å². The lowest BCUT2D eigenvalue weighted by Gasteiger charge is -2.20. The fourth-order valence-electron chi connectivity index (χ4n) is 4.67. The fourth-order valence-corrected chi connectivity index (χ4v) is 4.67. The molecule has 1 aliphatic rings. The third-order valence-electron chi connectivity index (χ3n) is 6.71. The normalized spacial score (nSPS) is 16.8. The first-order chi connectivity index (χ1) is 18.4. The number of hydrogen-bond donors (Lipinski definition) is 0. The minimum atomic E-state index is -0.478. The Labute approximate surface area is 223 Å². The number of methoxy groups -OCH3 is 1. The van der Waals surface area contributed by atoms with Crippen LogP contribution in [-0.2, 0) is 20.7 Å². The van der Waals surface area contributed by atoms with Gasteiger partial charge in [-0.15, -0.1) is 0 Å². The van der Waals surface area contributed by atoms with Gasteiger partial charge in [0, 0.05) is 42.5 Å². The number of aryl methyl sites for hydroxylation is 1. The van der Waals surface area contributed by atoms with Crippen molar-refractivity contribution in [3.63, 3.8) is 0 Å². The van der Waals surface area contributed by atoms with Crippen LogP contribution in [0.3, 0.4) is 0 Å². The zero-order valence-corrected chi connectivity index (χ0v) is 22.1. The Balaban J connectivity index is 1.44. The van der Waals surface area contributed by atoms with Crippen LogP contribution in [0.4, 0.5) is 4.79 Å². The second-order valence-electron chi connectivity index (χ2n) is 9.31. The molecule has 1 fully saturated rings. The molecule has 0 spiro atoms. The second-order valence-corrected chi connectivity index (χ2v) is 9.31. The van der Waals surface area contributed by atoms with Crippen LogP contribution in [0.5, 0.6) is 5.75 Å². The third kappa shape index (κ3) is 6.25. The van der Waals surface area contributed by atoms with Crippen LogP contribution in [0, 0.1) is 12.8 Å². The summed E-state index contributed by atoms with van der Waals surface area (Å²) in [5.74, 6) is 1.15. The lowest BCUT2D eigenvalue weighted by atomic mass is 9.84. The minimum Gasteiger partial charge on any atom is -0.493 e. The number of carbonyl (C=O) groups is 2. The summed E-state index contributed by atoms with van der Waals surface area (Å²) in [4.78, 5) is 31.1. The Bertz CT molecular complexity index is 1270. The van der Waals surface area contributed by atoms with Crippen LogP contribution in [0.25, 0.3) is 11.5 Å². The standard InChI is InChI=1S/C30H34N2O6/c1-5-15-37-30(34)32-18-25(20(2)29(33)35-4)26(19-32)23-12-9-13-24(17-23)36-16-14-27-21(3)38-28(31-27)22-10-7-6-8-11-22/h6-13,17,25-26H,2,5,14-16,18-19H2,1,3-4H3/t25-,26+/m0/s1. The second kappa shape index (κ2) is 12.4. The molecule has 1 saturated heterocycles. The first-order valence-electron chi connectivity index (χ1n) is 12.8. The third-order valence-corrected chi connectivity index (χ3v) is 6.71. The van der Waals surface area contributed by atoms with E-state index >= 15 is 0 Å². The van der Waals surface area contributed by atoms with Crippen molar-refractivity contribution in [2.75, 3.05) is 33.4 Å². The van der Waals surface area contributed by atoms with Crippen molar-refractivity contribution in [1.29, 1.82) is 0 Å². The quantitative estimate of drug-likeness (QED) is 0.256. The van der Waals surface area contributed by atoms with E-state index in [0.717, 1.165) is 29.0 Å². The van der Waals surface area contributed by atoms with Crippen LogP contribution in [-0.4, -0.2) is 55.4 Å². The molecule has 1 amide bonds. The van der Waals surface area contributed by atoms with E-state index in [-0.39, 0.29) is 17.9 Å². The molecule has 8 nitrogen and oxygen atoms in total. The maximum atomic E-state index is 12.6. The van der Waals surface area contributed by atoms with Gasteiger partial charge in [-0.05, 0) is 43.2 Å². The average Bonchev–Trinajstić information content (AvgIpc) is 3.56. The van der Waals surface area contributed by atoms with E-state index in [4.69, 9.17) is 18.6 Å². The molecular weight excluding hydrogens is 484 g/mol. The van der Waals surface area contributed by atoms with E-state index in [2.05, 4.69) is 11.6 Å². The highest BCUT2D eigenvalue weighted by Crippen LogP contribution is 2.38. The summed E-state index contributed by atoms with van der Waals surface area (Å²) in [6, 6.07) is 17.5. The average molecular weight is 519 g/mol. The summed E-state index contributed by atoms with van der Waals surface area (Å²) in [5, 5.41) is 0. The Morgan fingerprint density at radius 3 is 2.63 bits per heavy atom. The van der Waals surface area contributed by atoms with Crippen molar-refractivity contribution in [3.05, 3.63) is 83.8 Å². The number of esters is 1. The summed E-state index contributed by atoms with van der Waals surface area (Å²) in [6.45, 7) is 9.34. The SMILES string of the molecule is C=C(C(=O)OC)[C@@H]1CN(C(=O)OCCC)C[C@@H]1c1cccc(OCCc2nc(-c3ccccc3)oc2C)c1. The number of amides is 1. The number of hydrogen-bond acceptors (Lipinski definition) is 7. The molecule has 2 atom stereocenters. The van der Waals surface area contributed by atoms with E-state index in [9.17, 15) is 9.59 Å². The van der Waals surface area contributed by atoms with Gasteiger partial charge >= 0.3 is 12.1 Å². The topological polar surface area (TPSA) is 91.1 Å². The molecule has 3 aromatic rings. The van der Waals surface area contributed by atoms with Crippen LogP contribution in [0.2, 0.25) is 0 Å². The van der Waals surface area contributed by atoms with Crippen LogP contribution in [0.15, 0.2) is 71.2 Å². The molecule has 8 heteroatoms. The van der Waals surface area contributed by atoms with Crippen molar-refractivity contribution in [1.82, 2.24) is 9.88 Å². The maximum absolute atomic E-state index is 12.6. The van der Waals surface area contributed by atoms with Crippen LogP contribution in [0.1, 0.15) is 36.3 Å². The molecule has 2 aromatic carbocycles. The highest BCUT2D eigenvalue weighted by atomic mass is 16.6. The molecule has 38 heavy (non-hydrogen) atoms. The van der Waals surface area contributed by atoms with Crippen molar-refractivity contribution in [3.8, 4) is 17.2 Å². The van der Waals surface area contributed by atoms with Gasteiger partial charge in [-0.3, -0.25) is 0 Å². The van der Waals surface area contributed by atoms with Crippen molar-refractivity contribution >= 4 is 12.1 Å². The maximum Gasteiger partial charge on any atom is 0.409 e.